The smallest absolute Gasteiger partial charge is 0.328 e. The average Bonchev–Trinajstić information content (AvgIpc) is 3.37. The highest BCUT2D eigenvalue weighted by molar-refractivity contribution is 6.33. The van der Waals surface area contributed by atoms with E-state index in [0.29, 0.717) is 40.4 Å². The molecule has 0 atom stereocenters. The molecule has 0 saturated heterocycles. The molecule has 1 amide bonds. The first-order valence-corrected chi connectivity index (χ1v) is 13.2. The summed E-state index contributed by atoms with van der Waals surface area (Å²) in [6.45, 7) is 2.34. The molecular weight excluding hydrogens is 517 g/mol. The number of amides is 1. The van der Waals surface area contributed by atoms with Crippen LogP contribution >= 0.6 is 23.2 Å². The summed E-state index contributed by atoms with van der Waals surface area (Å²) in [5.41, 5.74) is -0.165. The molecule has 2 aromatic carbocycles. The molecule has 8 nitrogen and oxygen atoms in total. The van der Waals surface area contributed by atoms with E-state index in [9.17, 15) is 19.2 Å². The van der Waals surface area contributed by atoms with Crippen molar-refractivity contribution in [1.82, 2.24) is 14.9 Å². The molecule has 2 N–H and O–H groups in total. The van der Waals surface area contributed by atoms with E-state index < -0.39 is 11.2 Å². The van der Waals surface area contributed by atoms with E-state index in [1.807, 2.05) is 6.92 Å². The van der Waals surface area contributed by atoms with E-state index in [4.69, 9.17) is 27.9 Å². The fraction of sp³-hybridized carbons (Fsp3) is 0.407. The Kier molecular flexibility index (Phi) is 8.71. The molecule has 1 fully saturated rings. The number of nitrogens with zero attached hydrogens (tertiary/aromatic N) is 1. The molecule has 1 saturated carbocycles. The van der Waals surface area contributed by atoms with Gasteiger partial charge < -0.3 is 15.0 Å². The van der Waals surface area contributed by atoms with E-state index in [1.165, 1.54) is 6.07 Å². The summed E-state index contributed by atoms with van der Waals surface area (Å²) in [6, 6.07) is 8.05. The fourth-order valence-electron chi connectivity index (χ4n) is 4.73. The molecule has 1 aliphatic carbocycles. The highest BCUT2D eigenvalue weighted by Crippen LogP contribution is 2.28. The van der Waals surface area contributed by atoms with Gasteiger partial charge in [-0.3, -0.25) is 19.0 Å². The van der Waals surface area contributed by atoms with Crippen LogP contribution in [0, 0.1) is 0 Å². The van der Waals surface area contributed by atoms with Gasteiger partial charge in [0.1, 0.15) is 5.75 Å². The number of aromatic nitrogens is 2. The van der Waals surface area contributed by atoms with Gasteiger partial charge in [0.2, 0.25) is 5.91 Å². The third-order valence-electron chi connectivity index (χ3n) is 6.60. The molecule has 0 unspecified atom stereocenters. The first-order valence-electron chi connectivity index (χ1n) is 12.5. The van der Waals surface area contributed by atoms with Gasteiger partial charge in [-0.05, 0) is 62.1 Å². The van der Waals surface area contributed by atoms with E-state index in [1.54, 1.807) is 24.3 Å². The van der Waals surface area contributed by atoms with Crippen LogP contribution in [0.25, 0.3) is 10.9 Å². The summed E-state index contributed by atoms with van der Waals surface area (Å²) in [6.07, 6.45) is 4.58. The Labute approximate surface area is 223 Å². The van der Waals surface area contributed by atoms with Crippen LogP contribution in [-0.2, 0) is 17.8 Å². The fourth-order valence-corrected chi connectivity index (χ4v) is 5.19. The third-order valence-corrected chi connectivity index (χ3v) is 7.25. The van der Waals surface area contributed by atoms with Gasteiger partial charge in [0.25, 0.3) is 5.56 Å². The number of carbonyl (C=O) groups is 2. The van der Waals surface area contributed by atoms with Crippen LogP contribution in [0.4, 0.5) is 0 Å². The Morgan fingerprint density at radius 2 is 1.86 bits per heavy atom. The third kappa shape index (κ3) is 6.25. The molecule has 10 heteroatoms. The number of Topliss-reactive ketones (excluding diaryl/α,β-unsaturated/α-hetero) is 1. The number of H-pyrrole nitrogens is 1. The minimum absolute atomic E-state index is 0.0661. The van der Waals surface area contributed by atoms with Crippen molar-refractivity contribution in [3.05, 3.63) is 72.3 Å². The number of benzene rings is 2. The lowest BCUT2D eigenvalue weighted by atomic mass is 9.99. The zero-order valence-electron chi connectivity index (χ0n) is 20.6. The van der Waals surface area contributed by atoms with Crippen LogP contribution in [-0.4, -0.2) is 33.9 Å². The number of halogens is 2. The van der Waals surface area contributed by atoms with Crippen LogP contribution < -0.4 is 21.3 Å². The summed E-state index contributed by atoms with van der Waals surface area (Å²) in [7, 11) is 0. The van der Waals surface area contributed by atoms with Crippen molar-refractivity contribution in [2.45, 2.75) is 64.5 Å². The molecule has 4 rings (SSSR count). The van der Waals surface area contributed by atoms with Crippen molar-refractivity contribution in [3.63, 3.8) is 0 Å². The van der Waals surface area contributed by atoms with Gasteiger partial charge in [-0.1, -0.05) is 36.0 Å². The lowest BCUT2D eigenvalue weighted by Gasteiger charge is -2.13. The van der Waals surface area contributed by atoms with E-state index >= 15 is 0 Å². The Balaban J connectivity index is 1.57. The van der Waals surface area contributed by atoms with E-state index in [2.05, 4.69) is 10.3 Å². The highest BCUT2D eigenvalue weighted by Gasteiger charge is 2.20. The predicted molar refractivity (Wildman–Crippen MR) is 144 cm³/mol. The first kappa shape index (κ1) is 26.9. The SMILES string of the molecule is CCOc1ccc(C(=O)Cc2c(Cl)ccc3[nH]c(=O)n(CCCC(=O)NC4CCCC4)c(=O)c23)cc1Cl. The summed E-state index contributed by atoms with van der Waals surface area (Å²) in [5.74, 6) is 0.0990. The molecule has 37 heavy (non-hydrogen) atoms. The van der Waals surface area contributed by atoms with Crippen LogP contribution in [0.5, 0.6) is 5.75 Å². The lowest BCUT2D eigenvalue weighted by Crippen LogP contribution is -2.36. The molecular formula is C27H29Cl2N3O5. The van der Waals surface area contributed by atoms with Crippen LogP contribution in [0.2, 0.25) is 10.0 Å². The summed E-state index contributed by atoms with van der Waals surface area (Å²) < 4.78 is 6.48. The molecule has 1 aromatic heterocycles. The number of hydrogen-bond acceptors (Lipinski definition) is 5. The quantitative estimate of drug-likeness (QED) is 0.360. The Morgan fingerprint density at radius 3 is 2.57 bits per heavy atom. The number of ketones is 1. The second kappa shape index (κ2) is 12.0. The van der Waals surface area contributed by atoms with E-state index in [-0.39, 0.29) is 47.5 Å². The molecule has 196 valence electrons. The summed E-state index contributed by atoms with van der Waals surface area (Å²) in [5, 5.41) is 3.73. The van der Waals surface area contributed by atoms with Gasteiger partial charge in [0.15, 0.2) is 5.78 Å². The number of nitrogens with one attached hydrogen (secondary N) is 2. The largest absolute Gasteiger partial charge is 0.492 e. The maximum absolute atomic E-state index is 13.4. The van der Waals surface area contributed by atoms with Crippen molar-refractivity contribution in [1.29, 1.82) is 0 Å². The zero-order valence-corrected chi connectivity index (χ0v) is 22.1. The Morgan fingerprint density at radius 1 is 1.11 bits per heavy atom. The highest BCUT2D eigenvalue weighted by atomic mass is 35.5. The number of fused-ring (bicyclic) bond motifs is 1. The Hall–Kier alpha value is -3.10. The molecule has 0 radical (unpaired) electrons. The topological polar surface area (TPSA) is 110 Å². The van der Waals surface area contributed by atoms with Gasteiger partial charge in [0, 0.05) is 36.0 Å². The van der Waals surface area contributed by atoms with Crippen molar-refractivity contribution in [2.24, 2.45) is 0 Å². The maximum Gasteiger partial charge on any atom is 0.328 e. The van der Waals surface area contributed by atoms with Crippen molar-refractivity contribution in [2.75, 3.05) is 6.61 Å². The number of aromatic amines is 1. The van der Waals surface area contributed by atoms with Gasteiger partial charge in [-0.2, -0.15) is 0 Å². The summed E-state index contributed by atoms with van der Waals surface area (Å²) in [4.78, 5) is 54.1. The molecule has 0 aliphatic heterocycles. The van der Waals surface area contributed by atoms with E-state index in [0.717, 1.165) is 30.3 Å². The molecule has 1 aliphatic rings. The Bertz CT molecular complexity index is 1440. The standard InChI is InChI=1S/C27H29Cl2N3O5/c1-2-37-23-12-9-16(14-20(23)29)22(33)15-18-19(28)10-11-21-25(18)26(35)32(27(36)31-21)13-5-8-24(34)30-17-6-3-4-7-17/h9-12,14,17H,2-8,13,15H2,1H3,(H,30,34)(H,31,36). The van der Waals surface area contributed by atoms with Gasteiger partial charge in [-0.15, -0.1) is 0 Å². The molecule has 0 spiro atoms. The minimum Gasteiger partial charge on any atom is -0.492 e. The summed E-state index contributed by atoms with van der Waals surface area (Å²) >= 11 is 12.7. The number of rotatable bonds is 10. The van der Waals surface area contributed by atoms with Crippen molar-refractivity contribution < 1.29 is 14.3 Å². The normalized spacial score (nSPS) is 13.7. The first-order chi connectivity index (χ1) is 17.8. The van der Waals surface area contributed by atoms with Gasteiger partial charge in [0.05, 0.1) is 22.5 Å². The average molecular weight is 546 g/mol. The zero-order chi connectivity index (χ0) is 26.5. The van der Waals surface area contributed by atoms with Gasteiger partial charge in [-0.25, -0.2) is 4.79 Å². The predicted octanol–water partition coefficient (Wildman–Crippen LogP) is 4.66. The van der Waals surface area contributed by atoms with Crippen LogP contribution in [0.3, 0.4) is 0 Å². The van der Waals surface area contributed by atoms with Gasteiger partial charge >= 0.3 is 5.69 Å². The molecule has 0 bridgehead atoms. The maximum atomic E-state index is 13.4. The molecule has 1 heterocycles. The number of ether oxygens (including phenoxy) is 1. The van der Waals surface area contributed by atoms with Crippen LogP contribution in [0.15, 0.2) is 39.9 Å². The molecule has 3 aromatic rings. The number of carbonyl (C=O) groups excluding carboxylic acids is 2. The second-order valence-corrected chi connectivity index (χ2v) is 9.98. The van der Waals surface area contributed by atoms with Crippen LogP contribution in [0.1, 0.15) is 61.4 Å². The minimum atomic E-state index is -0.577. The second-order valence-electron chi connectivity index (χ2n) is 9.17. The monoisotopic (exact) mass is 545 g/mol. The number of hydrogen-bond donors (Lipinski definition) is 2. The van der Waals surface area contributed by atoms with Crippen molar-refractivity contribution in [3.8, 4) is 5.75 Å². The van der Waals surface area contributed by atoms with Crippen molar-refractivity contribution >= 4 is 45.8 Å². The lowest BCUT2D eigenvalue weighted by molar-refractivity contribution is -0.121.